The summed E-state index contributed by atoms with van der Waals surface area (Å²) in [5, 5.41) is 0. The highest BCUT2D eigenvalue weighted by atomic mass is 16.6. The average molecular weight is 463 g/mol. The Bertz CT molecular complexity index is 970. The van der Waals surface area contributed by atoms with Gasteiger partial charge in [-0.1, -0.05) is 35.9 Å². The molecule has 1 aliphatic carbocycles. The van der Waals surface area contributed by atoms with Crippen LogP contribution < -0.4 is 9.47 Å². The van der Waals surface area contributed by atoms with Crippen molar-refractivity contribution in [3.63, 3.8) is 0 Å². The molecule has 4 aliphatic rings. The lowest BCUT2D eigenvalue weighted by atomic mass is 9.81. The summed E-state index contributed by atoms with van der Waals surface area (Å²) in [5.41, 5.74) is 3.85. The Hall–Kier alpha value is -2.80. The van der Waals surface area contributed by atoms with Crippen molar-refractivity contribution in [3.8, 4) is 11.5 Å². The first-order valence-electron chi connectivity index (χ1n) is 12.1. The monoisotopic (exact) mass is 462 g/mol. The van der Waals surface area contributed by atoms with Crippen LogP contribution >= 0.6 is 0 Å². The molecule has 0 bridgehead atoms. The van der Waals surface area contributed by atoms with E-state index in [1.165, 1.54) is 16.7 Å². The number of allylic oxidation sites excluding steroid dienone is 4. The third-order valence-electron chi connectivity index (χ3n) is 6.47. The van der Waals surface area contributed by atoms with Crippen molar-refractivity contribution in [2.75, 3.05) is 39.6 Å². The van der Waals surface area contributed by atoms with Gasteiger partial charge in [0.2, 0.25) is 0 Å². The molecule has 178 valence electrons. The minimum atomic E-state index is 0.159. The van der Waals surface area contributed by atoms with Gasteiger partial charge in [0.25, 0.3) is 0 Å². The molecule has 2 aromatic rings. The first-order chi connectivity index (χ1) is 16.8. The summed E-state index contributed by atoms with van der Waals surface area (Å²) < 4.78 is 33.4. The standard InChI is InChI=1S/C28H30O6/c1-7-22(29-13-25-16-32-25)8-2-19(1)28(20-3-9-23(10-4-20)30-14-26-17-33-26)21-5-11-24(12-6-21)31-15-27-18-34-27/h1-5,7-11,25-28H,6,12-18H2. The number of benzene rings is 2. The van der Waals surface area contributed by atoms with Gasteiger partial charge in [-0.3, -0.25) is 0 Å². The van der Waals surface area contributed by atoms with Gasteiger partial charge >= 0.3 is 0 Å². The molecule has 0 amide bonds. The van der Waals surface area contributed by atoms with Crippen LogP contribution in [0.25, 0.3) is 0 Å². The molecule has 3 unspecified atom stereocenters. The highest BCUT2D eigenvalue weighted by Gasteiger charge is 2.26. The van der Waals surface area contributed by atoms with Gasteiger partial charge in [-0.05, 0) is 47.9 Å². The van der Waals surface area contributed by atoms with Crippen LogP contribution in [0.4, 0.5) is 0 Å². The highest BCUT2D eigenvalue weighted by molar-refractivity contribution is 5.46. The fraction of sp³-hybridized carbons (Fsp3) is 0.429. The summed E-state index contributed by atoms with van der Waals surface area (Å²) in [6.45, 7) is 4.29. The molecule has 0 radical (unpaired) electrons. The second-order valence-corrected chi connectivity index (χ2v) is 9.24. The Balaban J connectivity index is 1.20. The first kappa shape index (κ1) is 21.7. The number of hydrogen-bond donors (Lipinski definition) is 0. The molecule has 0 aromatic heterocycles. The van der Waals surface area contributed by atoms with Gasteiger partial charge in [-0.15, -0.1) is 0 Å². The minimum absolute atomic E-state index is 0.159. The molecule has 3 fully saturated rings. The van der Waals surface area contributed by atoms with Crippen LogP contribution in [0.2, 0.25) is 0 Å². The minimum Gasteiger partial charge on any atom is -0.495 e. The van der Waals surface area contributed by atoms with E-state index in [1.807, 2.05) is 0 Å². The molecule has 6 nitrogen and oxygen atoms in total. The lowest BCUT2D eigenvalue weighted by molar-refractivity contribution is 0.174. The van der Waals surface area contributed by atoms with Crippen LogP contribution in [0, 0.1) is 0 Å². The maximum atomic E-state index is 5.92. The topological polar surface area (TPSA) is 65.3 Å². The van der Waals surface area contributed by atoms with E-state index in [0.717, 1.165) is 49.9 Å². The molecule has 3 aliphatic heterocycles. The summed E-state index contributed by atoms with van der Waals surface area (Å²) in [4.78, 5) is 0. The van der Waals surface area contributed by atoms with Crippen molar-refractivity contribution in [2.24, 2.45) is 0 Å². The lowest BCUT2D eigenvalue weighted by Crippen LogP contribution is -2.10. The Morgan fingerprint density at radius 1 is 0.618 bits per heavy atom. The Morgan fingerprint density at radius 3 is 1.50 bits per heavy atom. The van der Waals surface area contributed by atoms with E-state index in [1.54, 1.807) is 0 Å². The van der Waals surface area contributed by atoms with Gasteiger partial charge in [0, 0.05) is 12.3 Å². The van der Waals surface area contributed by atoms with Crippen LogP contribution in [-0.2, 0) is 18.9 Å². The molecule has 3 saturated heterocycles. The zero-order chi connectivity index (χ0) is 22.7. The van der Waals surface area contributed by atoms with Crippen molar-refractivity contribution in [1.82, 2.24) is 0 Å². The largest absolute Gasteiger partial charge is 0.495 e. The smallest absolute Gasteiger partial charge is 0.119 e. The summed E-state index contributed by atoms with van der Waals surface area (Å²) >= 11 is 0. The fourth-order valence-corrected chi connectivity index (χ4v) is 4.20. The summed E-state index contributed by atoms with van der Waals surface area (Å²) in [5.74, 6) is 2.94. The van der Waals surface area contributed by atoms with Gasteiger partial charge in [0.1, 0.15) is 49.6 Å². The SMILES string of the molecule is C1=C(OCC2CO2)CCC(C(c2ccc(OCC3CO3)cc2)c2ccc(OCC3CO3)cc2)=C1. The number of rotatable bonds is 12. The van der Waals surface area contributed by atoms with Crippen LogP contribution in [0.3, 0.4) is 0 Å². The second kappa shape index (κ2) is 9.82. The van der Waals surface area contributed by atoms with Gasteiger partial charge in [-0.2, -0.15) is 0 Å². The van der Waals surface area contributed by atoms with E-state index in [-0.39, 0.29) is 24.2 Å². The molecule has 0 spiro atoms. The zero-order valence-corrected chi connectivity index (χ0v) is 19.2. The van der Waals surface area contributed by atoms with Crippen LogP contribution in [0.15, 0.2) is 72.0 Å². The van der Waals surface area contributed by atoms with Gasteiger partial charge in [0.05, 0.1) is 25.6 Å². The quantitative estimate of drug-likeness (QED) is 0.436. The third kappa shape index (κ3) is 5.81. The predicted molar refractivity (Wildman–Crippen MR) is 126 cm³/mol. The molecule has 6 heteroatoms. The van der Waals surface area contributed by atoms with Crippen LogP contribution in [-0.4, -0.2) is 58.0 Å². The van der Waals surface area contributed by atoms with E-state index in [2.05, 4.69) is 60.7 Å². The first-order valence-corrected chi connectivity index (χ1v) is 12.1. The number of hydrogen-bond acceptors (Lipinski definition) is 6. The summed E-state index contributed by atoms with van der Waals surface area (Å²) in [6, 6.07) is 16.9. The summed E-state index contributed by atoms with van der Waals surface area (Å²) in [7, 11) is 0. The maximum absolute atomic E-state index is 5.92. The van der Waals surface area contributed by atoms with Crippen molar-refractivity contribution < 1.29 is 28.4 Å². The molecule has 0 N–H and O–H groups in total. The van der Waals surface area contributed by atoms with Crippen molar-refractivity contribution >= 4 is 0 Å². The summed E-state index contributed by atoms with van der Waals surface area (Å²) in [6.07, 6.45) is 6.98. The number of ether oxygens (including phenoxy) is 6. The van der Waals surface area contributed by atoms with E-state index in [0.29, 0.717) is 19.8 Å². The highest BCUT2D eigenvalue weighted by Crippen LogP contribution is 2.38. The van der Waals surface area contributed by atoms with Crippen LogP contribution in [0.1, 0.15) is 29.9 Å². The molecule has 2 aromatic carbocycles. The Kier molecular flexibility index (Phi) is 6.27. The molecular formula is C28H30O6. The zero-order valence-electron chi connectivity index (χ0n) is 19.2. The van der Waals surface area contributed by atoms with Crippen LogP contribution in [0.5, 0.6) is 11.5 Å². The normalized spacial score (nSPS) is 25.6. The Morgan fingerprint density at radius 2 is 1.09 bits per heavy atom. The van der Waals surface area contributed by atoms with E-state index < -0.39 is 0 Å². The molecule has 34 heavy (non-hydrogen) atoms. The van der Waals surface area contributed by atoms with Crippen molar-refractivity contribution in [3.05, 3.63) is 83.1 Å². The van der Waals surface area contributed by atoms with E-state index in [9.17, 15) is 0 Å². The fourth-order valence-electron chi connectivity index (χ4n) is 4.20. The van der Waals surface area contributed by atoms with Crippen molar-refractivity contribution in [2.45, 2.75) is 37.1 Å². The van der Waals surface area contributed by atoms with Gasteiger partial charge in [-0.25, -0.2) is 0 Å². The van der Waals surface area contributed by atoms with E-state index in [4.69, 9.17) is 28.4 Å². The molecule has 3 heterocycles. The van der Waals surface area contributed by atoms with Crippen molar-refractivity contribution in [1.29, 1.82) is 0 Å². The van der Waals surface area contributed by atoms with Gasteiger partial charge < -0.3 is 28.4 Å². The second-order valence-electron chi connectivity index (χ2n) is 9.24. The molecule has 6 rings (SSSR count). The Labute approximate surface area is 200 Å². The number of epoxide rings is 3. The average Bonchev–Trinajstić information content (AvgIpc) is 3.73. The predicted octanol–water partition coefficient (Wildman–Crippen LogP) is 4.39. The molecule has 3 atom stereocenters. The van der Waals surface area contributed by atoms with Gasteiger partial charge in [0.15, 0.2) is 0 Å². The van der Waals surface area contributed by atoms with E-state index >= 15 is 0 Å². The molecule has 0 saturated carbocycles. The molecular weight excluding hydrogens is 432 g/mol. The maximum Gasteiger partial charge on any atom is 0.119 e. The third-order valence-corrected chi connectivity index (χ3v) is 6.47. The lowest BCUT2D eigenvalue weighted by Gasteiger charge is -2.25.